The second-order valence-electron chi connectivity index (χ2n) is 12.6. The molecule has 0 rings (SSSR count). The third-order valence-electron chi connectivity index (χ3n) is 8.39. The first-order valence-electron chi connectivity index (χ1n) is 18.2. The zero-order chi connectivity index (χ0) is 31.8. The highest BCUT2D eigenvalue weighted by atomic mass is 16.3. The molecule has 6 heteroatoms. The van der Waals surface area contributed by atoms with Crippen LogP contribution in [-0.4, -0.2) is 57.3 Å². The minimum absolute atomic E-state index is 0.363. The van der Waals surface area contributed by atoms with Gasteiger partial charge in [0.05, 0.1) is 18.8 Å². The maximum Gasteiger partial charge on any atom is 0.249 e. The number of unbranched alkanes of at least 4 members (excludes halogenated alkanes) is 19. The Morgan fingerprint density at radius 1 is 0.558 bits per heavy atom. The number of aliphatic hydroxyl groups excluding tert-OH is 4. The number of carbonyl (C=O) groups excluding carboxylic acids is 1. The molecule has 0 spiro atoms. The number of hydrogen-bond acceptors (Lipinski definition) is 5. The molecule has 0 aliphatic heterocycles. The highest BCUT2D eigenvalue weighted by Crippen LogP contribution is 2.15. The van der Waals surface area contributed by atoms with Gasteiger partial charge in [-0.25, -0.2) is 0 Å². The van der Waals surface area contributed by atoms with Crippen molar-refractivity contribution in [3.05, 3.63) is 24.3 Å². The third kappa shape index (κ3) is 26.9. The number of carbonyl (C=O) groups is 1. The molecule has 0 saturated heterocycles. The second kappa shape index (κ2) is 32.2. The average molecular weight is 610 g/mol. The first-order valence-corrected chi connectivity index (χ1v) is 18.2. The molecule has 0 saturated carbocycles. The number of amides is 1. The summed E-state index contributed by atoms with van der Waals surface area (Å²) in [6, 6.07) is -1.00. The van der Waals surface area contributed by atoms with Crippen LogP contribution in [0.5, 0.6) is 0 Å². The van der Waals surface area contributed by atoms with E-state index in [2.05, 4.69) is 43.5 Å². The molecule has 0 radical (unpaired) electrons. The van der Waals surface area contributed by atoms with Crippen LogP contribution in [0.1, 0.15) is 174 Å². The van der Waals surface area contributed by atoms with Crippen molar-refractivity contribution in [3.63, 3.8) is 0 Å². The SMILES string of the molecule is CCCCCC/C=C/CC/C=C/CCCC(O)C(O)C(CO)NC(=O)C(O)CCCCCCCCCCCCCCCC. The van der Waals surface area contributed by atoms with Crippen molar-refractivity contribution < 1.29 is 25.2 Å². The van der Waals surface area contributed by atoms with Crippen molar-refractivity contribution >= 4 is 5.91 Å². The van der Waals surface area contributed by atoms with Gasteiger partial charge in [0, 0.05) is 0 Å². The molecule has 1 amide bonds. The van der Waals surface area contributed by atoms with E-state index in [9.17, 15) is 25.2 Å². The van der Waals surface area contributed by atoms with Crippen LogP contribution in [0, 0.1) is 0 Å². The Hall–Kier alpha value is -1.21. The molecule has 0 heterocycles. The van der Waals surface area contributed by atoms with Crippen molar-refractivity contribution in [2.75, 3.05) is 6.61 Å². The minimum Gasteiger partial charge on any atom is -0.394 e. The Morgan fingerprint density at radius 2 is 0.977 bits per heavy atom. The quantitative estimate of drug-likeness (QED) is 0.0388. The molecule has 254 valence electrons. The Bertz CT molecular complexity index is 653. The smallest absolute Gasteiger partial charge is 0.249 e. The van der Waals surface area contributed by atoms with E-state index >= 15 is 0 Å². The second-order valence-corrected chi connectivity index (χ2v) is 12.6. The third-order valence-corrected chi connectivity index (χ3v) is 8.39. The Morgan fingerprint density at radius 3 is 1.47 bits per heavy atom. The largest absolute Gasteiger partial charge is 0.394 e. The number of allylic oxidation sites excluding steroid dienone is 4. The first kappa shape index (κ1) is 41.8. The fourth-order valence-electron chi connectivity index (χ4n) is 5.42. The van der Waals surface area contributed by atoms with Gasteiger partial charge >= 0.3 is 0 Å². The molecule has 5 N–H and O–H groups in total. The van der Waals surface area contributed by atoms with Crippen LogP contribution in [0.4, 0.5) is 0 Å². The van der Waals surface area contributed by atoms with E-state index in [0.717, 1.165) is 44.9 Å². The van der Waals surface area contributed by atoms with Crippen LogP contribution >= 0.6 is 0 Å². The summed E-state index contributed by atoms with van der Waals surface area (Å²) in [6.07, 6.45) is 33.4. The molecule has 0 aromatic heterocycles. The van der Waals surface area contributed by atoms with Crippen molar-refractivity contribution in [1.29, 1.82) is 0 Å². The van der Waals surface area contributed by atoms with Gasteiger partial charge in [-0.15, -0.1) is 0 Å². The predicted octanol–water partition coefficient (Wildman–Crippen LogP) is 8.45. The highest BCUT2D eigenvalue weighted by molar-refractivity contribution is 5.80. The van der Waals surface area contributed by atoms with E-state index in [-0.39, 0.29) is 0 Å². The fourth-order valence-corrected chi connectivity index (χ4v) is 5.42. The van der Waals surface area contributed by atoms with Crippen LogP contribution in [0.3, 0.4) is 0 Å². The molecular formula is C37H71NO5. The maximum atomic E-state index is 12.4. The summed E-state index contributed by atoms with van der Waals surface area (Å²) in [5.74, 6) is -0.599. The van der Waals surface area contributed by atoms with Gasteiger partial charge in [-0.3, -0.25) is 4.79 Å². The van der Waals surface area contributed by atoms with E-state index in [0.29, 0.717) is 19.3 Å². The summed E-state index contributed by atoms with van der Waals surface area (Å²) in [5.41, 5.74) is 0. The number of nitrogens with one attached hydrogen (secondary N) is 1. The van der Waals surface area contributed by atoms with Gasteiger partial charge in [0.1, 0.15) is 12.2 Å². The average Bonchev–Trinajstić information content (AvgIpc) is 3.01. The Labute approximate surface area is 265 Å². The molecule has 4 atom stereocenters. The maximum absolute atomic E-state index is 12.4. The predicted molar refractivity (Wildman–Crippen MR) is 182 cm³/mol. The lowest BCUT2D eigenvalue weighted by Gasteiger charge is -2.27. The summed E-state index contributed by atoms with van der Waals surface area (Å²) in [4.78, 5) is 12.4. The van der Waals surface area contributed by atoms with E-state index in [1.165, 1.54) is 96.3 Å². The molecule has 0 aliphatic rings. The molecule has 0 bridgehead atoms. The lowest BCUT2D eigenvalue weighted by Crippen LogP contribution is -2.53. The molecular weight excluding hydrogens is 538 g/mol. The summed E-state index contributed by atoms with van der Waals surface area (Å²) in [6.45, 7) is 3.98. The summed E-state index contributed by atoms with van der Waals surface area (Å²) in [7, 11) is 0. The van der Waals surface area contributed by atoms with E-state index < -0.39 is 36.9 Å². The van der Waals surface area contributed by atoms with E-state index in [4.69, 9.17) is 0 Å². The molecule has 0 aromatic carbocycles. The summed E-state index contributed by atoms with van der Waals surface area (Å²) < 4.78 is 0. The van der Waals surface area contributed by atoms with Crippen LogP contribution in [0.25, 0.3) is 0 Å². The number of aliphatic hydroxyl groups is 4. The summed E-state index contributed by atoms with van der Waals surface area (Å²) >= 11 is 0. The minimum atomic E-state index is -1.28. The lowest BCUT2D eigenvalue weighted by atomic mass is 10.00. The van der Waals surface area contributed by atoms with Crippen molar-refractivity contribution in [2.45, 2.75) is 199 Å². The Kier molecular flexibility index (Phi) is 31.3. The van der Waals surface area contributed by atoms with Gasteiger partial charge < -0.3 is 25.7 Å². The molecule has 0 aliphatic carbocycles. The number of hydrogen-bond donors (Lipinski definition) is 5. The van der Waals surface area contributed by atoms with E-state index in [1.807, 2.05) is 0 Å². The van der Waals surface area contributed by atoms with Gasteiger partial charge in [-0.05, 0) is 51.4 Å². The number of rotatable bonds is 32. The van der Waals surface area contributed by atoms with Crippen LogP contribution in [-0.2, 0) is 4.79 Å². The standard InChI is InChI=1S/C37H71NO5/c1-3-5-7-9-11-13-15-17-19-21-23-25-27-29-31-35(41)37(43)38-33(32-39)36(42)34(40)30-28-26-24-22-20-18-16-14-12-10-8-6-4-2/h14,16,22,24,33-36,39-42H,3-13,15,17-21,23,25-32H2,1-2H3,(H,38,43)/b16-14+,24-22+. The van der Waals surface area contributed by atoms with Crippen molar-refractivity contribution in [2.24, 2.45) is 0 Å². The van der Waals surface area contributed by atoms with Crippen LogP contribution in [0.15, 0.2) is 24.3 Å². The van der Waals surface area contributed by atoms with Gasteiger partial charge in [0.2, 0.25) is 5.91 Å². The molecule has 43 heavy (non-hydrogen) atoms. The zero-order valence-corrected chi connectivity index (χ0v) is 28.2. The monoisotopic (exact) mass is 610 g/mol. The molecule has 4 unspecified atom stereocenters. The van der Waals surface area contributed by atoms with Gasteiger partial charge in [0.25, 0.3) is 0 Å². The molecule has 6 nitrogen and oxygen atoms in total. The van der Waals surface area contributed by atoms with Gasteiger partial charge in [-0.2, -0.15) is 0 Å². The Balaban J connectivity index is 3.89. The first-order chi connectivity index (χ1) is 21.0. The van der Waals surface area contributed by atoms with Crippen LogP contribution in [0.2, 0.25) is 0 Å². The van der Waals surface area contributed by atoms with Crippen molar-refractivity contribution in [1.82, 2.24) is 5.32 Å². The molecule has 0 fully saturated rings. The topological polar surface area (TPSA) is 110 Å². The van der Waals surface area contributed by atoms with Crippen molar-refractivity contribution in [3.8, 4) is 0 Å². The van der Waals surface area contributed by atoms with Crippen LogP contribution < -0.4 is 5.32 Å². The zero-order valence-electron chi connectivity index (χ0n) is 28.2. The van der Waals surface area contributed by atoms with E-state index in [1.54, 1.807) is 0 Å². The molecule has 0 aromatic rings. The van der Waals surface area contributed by atoms with Gasteiger partial charge in [-0.1, -0.05) is 147 Å². The summed E-state index contributed by atoms with van der Waals surface area (Å²) in [5, 5.41) is 43.3. The normalized spacial score (nSPS) is 14.8. The lowest BCUT2D eigenvalue weighted by molar-refractivity contribution is -0.132. The van der Waals surface area contributed by atoms with Gasteiger partial charge in [0.15, 0.2) is 0 Å². The highest BCUT2D eigenvalue weighted by Gasteiger charge is 2.28. The fraction of sp³-hybridized carbons (Fsp3) is 0.865.